The third-order valence-corrected chi connectivity index (χ3v) is 2.73. The Balaban J connectivity index is 2.70. The first-order chi connectivity index (χ1) is 5.74. The van der Waals surface area contributed by atoms with Crippen molar-refractivity contribution in [1.82, 2.24) is 0 Å². The highest BCUT2D eigenvalue weighted by molar-refractivity contribution is 7.14. The lowest BCUT2D eigenvalue weighted by atomic mass is 10.1. The lowest BCUT2D eigenvalue weighted by molar-refractivity contribution is 1.01. The minimum absolute atomic E-state index is 0.704. The molecule has 0 amide bonds. The number of hydrogen-bond donors (Lipinski definition) is 1. The molecule has 1 nitrogen and oxygen atoms in total. The molecule has 0 aromatic carbocycles. The van der Waals surface area contributed by atoms with Gasteiger partial charge in [-0.15, -0.1) is 11.3 Å². The molecular formula is C9H12ClNS. The van der Waals surface area contributed by atoms with Gasteiger partial charge >= 0.3 is 0 Å². The maximum absolute atomic E-state index is 5.81. The van der Waals surface area contributed by atoms with Gasteiger partial charge in [-0.1, -0.05) is 17.7 Å². The zero-order chi connectivity index (χ0) is 8.97. The van der Waals surface area contributed by atoms with Crippen molar-refractivity contribution in [3.63, 3.8) is 0 Å². The van der Waals surface area contributed by atoms with Gasteiger partial charge in [0.1, 0.15) is 0 Å². The Hall–Kier alpha value is -0.310. The van der Waals surface area contributed by atoms with Crippen LogP contribution in [0.2, 0.25) is 4.34 Å². The molecular weight excluding hydrogens is 190 g/mol. The van der Waals surface area contributed by atoms with Crippen molar-refractivity contribution in [1.29, 1.82) is 0 Å². The molecule has 0 aliphatic carbocycles. The van der Waals surface area contributed by atoms with Crippen molar-refractivity contribution in [3.05, 3.63) is 27.4 Å². The van der Waals surface area contributed by atoms with Crippen LogP contribution in [0.3, 0.4) is 0 Å². The summed E-state index contributed by atoms with van der Waals surface area (Å²) in [6.45, 7) is 2.78. The minimum atomic E-state index is 0.704. The van der Waals surface area contributed by atoms with E-state index in [0.29, 0.717) is 6.54 Å². The first-order valence-corrected chi connectivity index (χ1v) is 5.11. The molecule has 1 aromatic heterocycles. The summed E-state index contributed by atoms with van der Waals surface area (Å²) >= 11 is 7.36. The summed E-state index contributed by atoms with van der Waals surface area (Å²) in [4.78, 5) is 0. The average Bonchev–Trinajstić information content (AvgIpc) is 2.47. The third-order valence-electron chi connectivity index (χ3n) is 1.64. The number of hydrogen-bond acceptors (Lipinski definition) is 2. The summed E-state index contributed by atoms with van der Waals surface area (Å²) in [5.41, 5.74) is 7.85. The molecule has 0 spiro atoms. The molecule has 0 aliphatic rings. The van der Waals surface area contributed by atoms with E-state index in [0.717, 1.165) is 10.8 Å². The van der Waals surface area contributed by atoms with Crippen LogP contribution in [0.15, 0.2) is 17.5 Å². The number of allylic oxidation sites excluding steroid dienone is 1. The molecule has 1 heterocycles. The highest BCUT2D eigenvalue weighted by Gasteiger charge is 1.98. The van der Waals surface area contributed by atoms with Crippen molar-refractivity contribution in [3.8, 4) is 0 Å². The van der Waals surface area contributed by atoms with Gasteiger partial charge in [-0.05, 0) is 42.5 Å². The maximum atomic E-state index is 5.81. The lowest BCUT2D eigenvalue weighted by Crippen LogP contribution is -1.95. The fraction of sp³-hybridized carbons (Fsp3) is 0.333. The zero-order valence-corrected chi connectivity index (χ0v) is 8.58. The fourth-order valence-electron chi connectivity index (χ4n) is 0.935. The van der Waals surface area contributed by atoms with Gasteiger partial charge in [-0.3, -0.25) is 0 Å². The zero-order valence-electron chi connectivity index (χ0n) is 7.01. The second-order valence-electron chi connectivity index (χ2n) is 2.60. The van der Waals surface area contributed by atoms with Gasteiger partial charge < -0.3 is 5.73 Å². The van der Waals surface area contributed by atoms with Gasteiger partial charge in [-0.2, -0.15) is 0 Å². The topological polar surface area (TPSA) is 26.0 Å². The SMILES string of the molecule is CC(=CCCN)c1csc(Cl)c1. The summed E-state index contributed by atoms with van der Waals surface area (Å²) in [5.74, 6) is 0. The molecule has 0 unspecified atom stereocenters. The number of halogens is 1. The molecule has 0 saturated heterocycles. The monoisotopic (exact) mass is 201 g/mol. The molecule has 1 rings (SSSR count). The predicted molar refractivity (Wildman–Crippen MR) is 56.7 cm³/mol. The largest absolute Gasteiger partial charge is 0.330 e. The Labute approximate surface area is 81.9 Å². The van der Waals surface area contributed by atoms with E-state index in [1.165, 1.54) is 11.1 Å². The van der Waals surface area contributed by atoms with Crippen LogP contribution in [0, 0.1) is 0 Å². The van der Waals surface area contributed by atoms with Gasteiger partial charge in [0.25, 0.3) is 0 Å². The highest BCUT2D eigenvalue weighted by Crippen LogP contribution is 2.25. The van der Waals surface area contributed by atoms with Crippen LogP contribution in [0.5, 0.6) is 0 Å². The van der Waals surface area contributed by atoms with E-state index in [4.69, 9.17) is 17.3 Å². The Morgan fingerprint density at radius 2 is 2.50 bits per heavy atom. The number of rotatable bonds is 3. The molecule has 0 fully saturated rings. The van der Waals surface area contributed by atoms with Crippen molar-refractivity contribution < 1.29 is 0 Å². The smallest absolute Gasteiger partial charge is 0.0934 e. The second kappa shape index (κ2) is 4.65. The predicted octanol–water partition coefficient (Wildman–Crippen LogP) is 3.15. The molecule has 2 N–H and O–H groups in total. The van der Waals surface area contributed by atoms with Crippen molar-refractivity contribution in [2.45, 2.75) is 13.3 Å². The highest BCUT2D eigenvalue weighted by atomic mass is 35.5. The molecule has 0 saturated carbocycles. The molecule has 0 aliphatic heterocycles. The first-order valence-electron chi connectivity index (χ1n) is 3.85. The fourth-order valence-corrected chi connectivity index (χ4v) is 1.87. The van der Waals surface area contributed by atoms with Crippen LogP contribution in [0.25, 0.3) is 5.57 Å². The number of nitrogens with two attached hydrogens (primary N) is 1. The van der Waals surface area contributed by atoms with Crippen LogP contribution < -0.4 is 5.73 Å². The van der Waals surface area contributed by atoms with E-state index in [1.807, 2.05) is 6.07 Å². The Morgan fingerprint density at radius 1 is 1.75 bits per heavy atom. The summed E-state index contributed by atoms with van der Waals surface area (Å²) in [6, 6.07) is 1.98. The van der Waals surface area contributed by atoms with Crippen LogP contribution in [-0.2, 0) is 0 Å². The van der Waals surface area contributed by atoms with E-state index in [9.17, 15) is 0 Å². The van der Waals surface area contributed by atoms with E-state index >= 15 is 0 Å². The summed E-state index contributed by atoms with van der Waals surface area (Å²) in [6.07, 6.45) is 3.07. The Morgan fingerprint density at radius 3 is 3.00 bits per heavy atom. The van der Waals surface area contributed by atoms with Gasteiger partial charge in [0, 0.05) is 0 Å². The van der Waals surface area contributed by atoms with Gasteiger partial charge in [0.15, 0.2) is 0 Å². The van der Waals surface area contributed by atoms with Gasteiger partial charge in [-0.25, -0.2) is 0 Å². The molecule has 1 aromatic rings. The van der Waals surface area contributed by atoms with Crippen LogP contribution in [0.1, 0.15) is 18.9 Å². The minimum Gasteiger partial charge on any atom is -0.330 e. The van der Waals surface area contributed by atoms with E-state index in [-0.39, 0.29) is 0 Å². The van der Waals surface area contributed by atoms with Crippen LogP contribution in [-0.4, -0.2) is 6.54 Å². The quantitative estimate of drug-likeness (QED) is 0.799. The normalized spacial score (nSPS) is 12.1. The molecule has 0 bridgehead atoms. The maximum Gasteiger partial charge on any atom is 0.0934 e. The van der Waals surface area contributed by atoms with E-state index in [1.54, 1.807) is 11.3 Å². The van der Waals surface area contributed by atoms with Gasteiger partial charge in [0.2, 0.25) is 0 Å². The van der Waals surface area contributed by atoms with Crippen LogP contribution in [0.4, 0.5) is 0 Å². The Kier molecular flexibility index (Phi) is 3.79. The lowest BCUT2D eigenvalue weighted by Gasteiger charge is -1.95. The van der Waals surface area contributed by atoms with Crippen LogP contribution >= 0.6 is 22.9 Å². The molecule has 3 heteroatoms. The Bertz CT molecular complexity index is 278. The summed E-state index contributed by atoms with van der Waals surface area (Å²) in [7, 11) is 0. The van der Waals surface area contributed by atoms with Crippen molar-refractivity contribution >= 4 is 28.5 Å². The van der Waals surface area contributed by atoms with Crippen molar-refractivity contribution in [2.75, 3.05) is 6.54 Å². The van der Waals surface area contributed by atoms with E-state index < -0.39 is 0 Å². The summed E-state index contributed by atoms with van der Waals surface area (Å²) in [5, 5.41) is 2.06. The number of thiophene rings is 1. The standard InChI is InChI=1S/C9H12ClNS/c1-7(3-2-4-11)8-5-9(10)12-6-8/h3,5-6H,2,4,11H2,1H3. The summed E-state index contributed by atoms with van der Waals surface area (Å²) < 4.78 is 0.838. The third kappa shape index (κ3) is 2.63. The second-order valence-corrected chi connectivity index (χ2v) is 4.15. The first kappa shape index (κ1) is 9.78. The molecule has 0 atom stereocenters. The van der Waals surface area contributed by atoms with E-state index in [2.05, 4.69) is 18.4 Å². The molecule has 66 valence electrons. The van der Waals surface area contributed by atoms with Gasteiger partial charge in [0.05, 0.1) is 4.34 Å². The average molecular weight is 202 g/mol. The van der Waals surface area contributed by atoms with Crippen molar-refractivity contribution in [2.24, 2.45) is 5.73 Å². The molecule has 12 heavy (non-hydrogen) atoms. The molecule has 0 radical (unpaired) electrons.